The number of pyridine rings is 1. The van der Waals surface area contributed by atoms with Crippen LogP contribution in [0.3, 0.4) is 0 Å². The summed E-state index contributed by atoms with van der Waals surface area (Å²) in [5.74, 6) is 0.804. The van der Waals surface area contributed by atoms with Crippen molar-refractivity contribution >= 4 is 22.5 Å². The lowest BCUT2D eigenvalue weighted by molar-refractivity contribution is -0.118. The molecule has 1 aromatic heterocycles. The number of nitrogens with zero attached hydrogens (tertiary/aromatic N) is 1. The van der Waals surface area contributed by atoms with Gasteiger partial charge in [0.2, 0.25) is 5.91 Å². The normalized spacial score (nSPS) is 11.9. The van der Waals surface area contributed by atoms with E-state index in [1.54, 1.807) is 42.9 Å². The number of ether oxygens (including phenoxy) is 2. The summed E-state index contributed by atoms with van der Waals surface area (Å²) in [5.41, 5.74) is 4.07. The highest BCUT2D eigenvalue weighted by Gasteiger charge is 2.21. The zero-order valence-electron chi connectivity index (χ0n) is 17.6. The topological polar surface area (TPSA) is 69.6 Å². The number of fused-ring (bicyclic) bond motifs is 1. The molecular formula is C23H26N2O4. The van der Waals surface area contributed by atoms with Crippen LogP contribution in [-0.2, 0) is 4.79 Å². The van der Waals surface area contributed by atoms with E-state index >= 15 is 0 Å². The third-order valence-corrected chi connectivity index (χ3v) is 5.12. The quantitative estimate of drug-likeness (QED) is 0.706. The number of nitrogens with one attached hydrogen (secondary N) is 1. The Bertz CT molecular complexity index is 1150. The Morgan fingerprint density at radius 2 is 1.72 bits per heavy atom. The van der Waals surface area contributed by atoms with E-state index in [0.717, 1.165) is 27.6 Å². The molecule has 152 valence electrons. The van der Waals surface area contributed by atoms with Gasteiger partial charge in [-0.3, -0.25) is 14.2 Å². The van der Waals surface area contributed by atoms with Gasteiger partial charge < -0.3 is 14.8 Å². The summed E-state index contributed by atoms with van der Waals surface area (Å²) in [5, 5.41) is 3.84. The highest BCUT2D eigenvalue weighted by molar-refractivity contribution is 5.96. The van der Waals surface area contributed by atoms with E-state index in [9.17, 15) is 9.59 Å². The number of carbonyl (C=O) groups is 1. The zero-order chi connectivity index (χ0) is 21.3. The van der Waals surface area contributed by atoms with Crippen molar-refractivity contribution in [3.05, 3.63) is 63.4 Å². The summed E-state index contributed by atoms with van der Waals surface area (Å²) in [6, 6.07) is 10.1. The molecule has 0 aliphatic rings. The Kier molecular flexibility index (Phi) is 5.64. The minimum Gasteiger partial charge on any atom is -0.497 e. The zero-order valence-corrected chi connectivity index (χ0v) is 17.6. The first-order chi connectivity index (χ1) is 13.8. The Balaban J connectivity index is 2.05. The molecule has 0 fully saturated rings. The highest BCUT2D eigenvalue weighted by Crippen LogP contribution is 2.30. The van der Waals surface area contributed by atoms with Crippen molar-refractivity contribution in [1.82, 2.24) is 4.57 Å². The van der Waals surface area contributed by atoms with Crippen molar-refractivity contribution in [3.8, 4) is 11.5 Å². The SMILES string of the molecule is COc1ccc(NC(=O)C(C)n2c(=O)cc(C)c3cc(C)cc(C)c32)c(OC)c1. The lowest BCUT2D eigenvalue weighted by Crippen LogP contribution is -2.32. The Labute approximate surface area is 170 Å². The largest absolute Gasteiger partial charge is 0.497 e. The minimum atomic E-state index is -0.709. The summed E-state index contributed by atoms with van der Waals surface area (Å²) >= 11 is 0. The van der Waals surface area contributed by atoms with Crippen LogP contribution in [0.15, 0.2) is 41.2 Å². The number of amides is 1. The van der Waals surface area contributed by atoms with Crippen molar-refractivity contribution in [2.75, 3.05) is 19.5 Å². The third kappa shape index (κ3) is 3.83. The molecule has 0 radical (unpaired) electrons. The minimum absolute atomic E-state index is 0.203. The lowest BCUT2D eigenvalue weighted by atomic mass is 10.0. The summed E-state index contributed by atoms with van der Waals surface area (Å²) in [4.78, 5) is 25.9. The van der Waals surface area contributed by atoms with Crippen molar-refractivity contribution in [3.63, 3.8) is 0 Å². The monoisotopic (exact) mass is 394 g/mol. The van der Waals surface area contributed by atoms with E-state index in [-0.39, 0.29) is 11.5 Å². The summed E-state index contributed by atoms with van der Waals surface area (Å²) in [6.07, 6.45) is 0. The highest BCUT2D eigenvalue weighted by atomic mass is 16.5. The van der Waals surface area contributed by atoms with Crippen LogP contribution in [0.2, 0.25) is 0 Å². The molecule has 1 N–H and O–H groups in total. The second kappa shape index (κ2) is 7.99. The van der Waals surface area contributed by atoms with Crippen molar-refractivity contribution in [2.45, 2.75) is 33.7 Å². The van der Waals surface area contributed by atoms with Gasteiger partial charge in [0, 0.05) is 17.5 Å². The molecule has 0 aliphatic heterocycles. The second-order valence-electron chi connectivity index (χ2n) is 7.25. The molecule has 1 amide bonds. The molecule has 2 aromatic carbocycles. The van der Waals surface area contributed by atoms with Gasteiger partial charge >= 0.3 is 0 Å². The third-order valence-electron chi connectivity index (χ3n) is 5.12. The molecule has 1 unspecified atom stereocenters. The number of aromatic nitrogens is 1. The Morgan fingerprint density at radius 3 is 2.38 bits per heavy atom. The molecule has 1 heterocycles. The van der Waals surface area contributed by atoms with E-state index < -0.39 is 6.04 Å². The first-order valence-electron chi connectivity index (χ1n) is 9.42. The number of rotatable bonds is 5. The van der Waals surface area contributed by atoms with Gasteiger partial charge in [-0.2, -0.15) is 0 Å². The summed E-state index contributed by atoms with van der Waals surface area (Å²) < 4.78 is 12.1. The molecule has 3 rings (SSSR count). The molecular weight excluding hydrogens is 368 g/mol. The number of carbonyl (C=O) groups excluding carboxylic acids is 1. The molecule has 29 heavy (non-hydrogen) atoms. The fraction of sp³-hybridized carbons (Fsp3) is 0.304. The van der Waals surface area contributed by atoms with Crippen LogP contribution in [0.1, 0.15) is 29.7 Å². The van der Waals surface area contributed by atoms with Crippen LogP contribution in [-0.4, -0.2) is 24.7 Å². The number of aryl methyl sites for hydroxylation is 3. The van der Waals surface area contributed by atoms with Gasteiger partial charge in [-0.05, 0) is 57.0 Å². The average molecular weight is 394 g/mol. The van der Waals surface area contributed by atoms with E-state index in [2.05, 4.69) is 5.32 Å². The first-order valence-corrected chi connectivity index (χ1v) is 9.42. The van der Waals surface area contributed by atoms with Crippen LogP contribution in [0.4, 0.5) is 5.69 Å². The van der Waals surface area contributed by atoms with Crippen LogP contribution >= 0.6 is 0 Å². The standard InChI is InChI=1S/C23H26N2O4/c1-13-9-15(3)22-18(10-13)14(2)11-21(26)25(22)16(4)23(27)24-19-8-7-17(28-5)12-20(19)29-6/h7-12,16H,1-6H3,(H,24,27). The predicted molar refractivity (Wildman–Crippen MR) is 115 cm³/mol. The van der Waals surface area contributed by atoms with Crippen molar-refractivity contribution < 1.29 is 14.3 Å². The number of benzene rings is 2. The van der Waals surface area contributed by atoms with E-state index in [1.165, 1.54) is 7.11 Å². The molecule has 0 spiro atoms. The van der Waals surface area contributed by atoms with Gasteiger partial charge in [-0.25, -0.2) is 0 Å². The van der Waals surface area contributed by atoms with Gasteiger partial charge in [0.25, 0.3) is 5.56 Å². The van der Waals surface area contributed by atoms with E-state index in [4.69, 9.17) is 9.47 Å². The molecule has 0 saturated carbocycles. The van der Waals surface area contributed by atoms with Crippen LogP contribution in [0, 0.1) is 20.8 Å². The van der Waals surface area contributed by atoms with Crippen LogP contribution < -0.4 is 20.3 Å². The van der Waals surface area contributed by atoms with Gasteiger partial charge in [-0.1, -0.05) is 11.6 Å². The smallest absolute Gasteiger partial charge is 0.252 e. The molecule has 0 saturated heterocycles. The lowest BCUT2D eigenvalue weighted by Gasteiger charge is -2.21. The van der Waals surface area contributed by atoms with Crippen molar-refractivity contribution in [2.24, 2.45) is 0 Å². The number of hydrogen-bond acceptors (Lipinski definition) is 4. The molecule has 0 aliphatic carbocycles. The van der Waals surface area contributed by atoms with Gasteiger partial charge in [-0.15, -0.1) is 0 Å². The fourth-order valence-electron chi connectivity index (χ4n) is 3.66. The van der Waals surface area contributed by atoms with Crippen LogP contribution in [0.5, 0.6) is 11.5 Å². The Hall–Kier alpha value is -3.28. The molecule has 6 heteroatoms. The molecule has 1 atom stereocenters. The summed E-state index contributed by atoms with van der Waals surface area (Å²) in [7, 11) is 3.09. The maximum Gasteiger partial charge on any atom is 0.252 e. The maximum atomic E-state index is 13.0. The molecule has 6 nitrogen and oxygen atoms in total. The first kappa shape index (κ1) is 20.5. The summed E-state index contributed by atoms with van der Waals surface area (Å²) in [6.45, 7) is 7.62. The van der Waals surface area contributed by atoms with Gasteiger partial charge in [0.05, 0.1) is 25.4 Å². The maximum absolute atomic E-state index is 13.0. The van der Waals surface area contributed by atoms with Crippen LogP contribution in [0.25, 0.3) is 10.9 Å². The number of hydrogen-bond donors (Lipinski definition) is 1. The fourth-order valence-corrected chi connectivity index (χ4v) is 3.66. The van der Waals surface area contributed by atoms with E-state index in [0.29, 0.717) is 17.2 Å². The van der Waals surface area contributed by atoms with Gasteiger partial charge in [0.1, 0.15) is 17.5 Å². The van der Waals surface area contributed by atoms with Crippen molar-refractivity contribution in [1.29, 1.82) is 0 Å². The molecule has 3 aromatic rings. The van der Waals surface area contributed by atoms with Gasteiger partial charge in [0.15, 0.2) is 0 Å². The number of anilines is 1. The Morgan fingerprint density at radius 1 is 1.00 bits per heavy atom. The number of methoxy groups -OCH3 is 2. The molecule has 0 bridgehead atoms. The van der Waals surface area contributed by atoms with E-state index in [1.807, 2.05) is 32.9 Å². The predicted octanol–water partition coefficient (Wildman–Crippen LogP) is 4.14. The second-order valence-corrected chi connectivity index (χ2v) is 7.25. The average Bonchev–Trinajstić information content (AvgIpc) is 2.68.